The molecule has 1 unspecified atom stereocenters. The summed E-state index contributed by atoms with van der Waals surface area (Å²) >= 11 is 0. The van der Waals surface area contributed by atoms with Gasteiger partial charge in [0.2, 0.25) is 21.2 Å². The molecular formula is C21H21NO5S. The normalized spacial score (nSPS) is 16.4. The molecule has 3 rings (SSSR count). The van der Waals surface area contributed by atoms with Gasteiger partial charge in [-0.05, 0) is 60.0 Å². The van der Waals surface area contributed by atoms with Crippen molar-refractivity contribution in [3.63, 3.8) is 0 Å². The Morgan fingerprint density at radius 1 is 1.04 bits per heavy atom. The maximum atomic E-state index is 12.7. The van der Waals surface area contributed by atoms with Crippen LogP contribution >= 0.6 is 0 Å². The Morgan fingerprint density at radius 3 is 2.14 bits per heavy atom. The van der Waals surface area contributed by atoms with E-state index in [0.717, 1.165) is 6.26 Å². The summed E-state index contributed by atoms with van der Waals surface area (Å²) in [4.78, 5) is 11.3. The van der Waals surface area contributed by atoms with Crippen LogP contribution in [-0.4, -0.2) is 19.8 Å². The fourth-order valence-electron chi connectivity index (χ4n) is 2.65. The standard InChI is InChI=1S/C21H21NO5S/c1-14(2)15-3-5-17(6-4-15)27-18-7-9-19(10-8-18)28(24,25)20-13-16(21(22)23)11-12-26-20/h3-14,20H,1-2H3,(H2,22,23). The molecule has 1 heterocycles. The van der Waals surface area contributed by atoms with Crippen LogP contribution in [0.25, 0.3) is 0 Å². The molecule has 0 bridgehead atoms. The third-order valence-corrected chi connectivity index (χ3v) is 6.09. The molecule has 6 nitrogen and oxygen atoms in total. The van der Waals surface area contributed by atoms with Crippen LogP contribution in [0.4, 0.5) is 0 Å². The van der Waals surface area contributed by atoms with Crippen LogP contribution in [-0.2, 0) is 19.4 Å². The van der Waals surface area contributed by atoms with Gasteiger partial charge in [0.05, 0.1) is 11.2 Å². The van der Waals surface area contributed by atoms with Crippen LogP contribution in [0, 0.1) is 0 Å². The van der Waals surface area contributed by atoms with Gasteiger partial charge in [0.25, 0.3) is 0 Å². The van der Waals surface area contributed by atoms with Gasteiger partial charge in [-0.1, -0.05) is 26.0 Å². The highest BCUT2D eigenvalue weighted by Gasteiger charge is 2.29. The summed E-state index contributed by atoms with van der Waals surface area (Å²) in [5, 5.41) is 0. The maximum absolute atomic E-state index is 12.7. The summed E-state index contributed by atoms with van der Waals surface area (Å²) < 4.78 is 36.4. The lowest BCUT2D eigenvalue weighted by Gasteiger charge is -2.18. The molecule has 1 aliphatic heterocycles. The van der Waals surface area contributed by atoms with E-state index in [0.29, 0.717) is 17.4 Å². The number of carbonyl (C=O) groups excluding carboxylic acids is 1. The van der Waals surface area contributed by atoms with Crippen LogP contribution in [0.1, 0.15) is 25.3 Å². The molecule has 7 heteroatoms. The fourth-order valence-corrected chi connectivity index (χ4v) is 3.97. The van der Waals surface area contributed by atoms with Gasteiger partial charge in [-0.2, -0.15) is 0 Å². The molecule has 0 aliphatic carbocycles. The van der Waals surface area contributed by atoms with Crippen molar-refractivity contribution in [3.05, 3.63) is 78.1 Å². The number of primary amides is 1. The summed E-state index contributed by atoms with van der Waals surface area (Å²) in [7, 11) is -3.85. The smallest absolute Gasteiger partial charge is 0.248 e. The minimum absolute atomic E-state index is 0.0513. The first-order chi connectivity index (χ1) is 13.3. The number of hydrogen-bond donors (Lipinski definition) is 1. The summed E-state index contributed by atoms with van der Waals surface area (Å²) in [5.41, 5.74) is 5.19. The lowest BCUT2D eigenvalue weighted by molar-refractivity contribution is -0.114. The van der Waals surface area contributed by atoms with Crippen molar-refractivity contribution >= 4 is 15.7 Å². The monoisotopic (exact) mass is 399 g/mol. The third kappa shape index (κ3) is 4.26. The van der Waals surface area contributed by atoms with Crippen molar-refractivity contribution in [2.24, 2.45) is 5.73 Å². The molecule has 0 fully saturated rings. The van der Waals surface area contributed by atoms with Crippen molar-refractivity contribution < 1.29 is 22.7 Å². The Hall–Kier alpha value is -3.06. The van der Waals surface area contributed by atoms with Crippen LogP contribution in [0.3, 0.4) is 0 Å². The Labute approximate surface area is 164 Å². The van der Waals surface area contributed by atoms with Gasteiger partial charge in [-0.15, -0.1) is 0 Å². The minimum atomic E-state index is -3.85. The fraction of sp³-hybridized carbons (Fsp3) is 0.190. The highest BCUT2D eigenvalue weighted by Crippen LogP contribution is 2.27. The van der Waals surface area contributed by atoms with E-state index < -0.39 is 21.2 Å². The largest absolute Gasteiger partial charge is 0.478 e. The SMILES string of the molecule is CC(C)c1ccc(Oc2ccc(S(=O)(=O)C3C=C(C(N)=O)C=CO3)cc2)cc1. The van der Waals surface area contributed by atoms with Crippen LogP contribution in [0.2, 0.25) is 0 Å². The van der Waals surface area contributed by atoms with Gasteiger partial charge < -0.3 is 15.2 Å². The third-order valence-electron chi connectivity index (χ3n) is 4.30. The predicted octanol–water partition coefficient (Wildman–Crippen LogP) is 3.66. The minimum Gasteiger partial charge on any atom is -0.478 e. The number of amides is 1. The Bertz CT molecular complexity index is 1020. The molecule has 1 amide bonds. The van der Waals surface area contributed by atoms with Gasteiger partial charge in [0, 0.05) is 5.57 Å². The highest BCUT2D eigenvalue weighted by atomic mass is 32.2. The van der Waals surface area contributed by atoms with E-state index in [-0.39, 0.29) is 10.5 Å². The molecule has 0 spiro atoms. The predicted molar refractivity (Wildman–Crippen MR) is 106 cm³/mol. The van der Waals surface area contributed by atoms with Crippen LogP contribution < -0.4 is 10.5 Å². The molecule has 0 saturated heterocycles. The molecule has 146 valence electrons. The maximum Gasteiger partial charge on any atom is 0.248 e. The summed E-state index contributed by atoms with van der Waals surface area (Å²) in [6.45, 7) is 4.23. The average molecular weight is 399 g/mol. The van der Waals surface area contributed by atoms with E-state index in [1.165, 1.54) is 29.8 Å². The van der Waals surface area contributed by atoms with E-state index in [1.807, 2.05) is 24.3 Å². The number of sulfone groups is 1. The second-order valence-corrected chi connectivity index (χ2v) is 8.66. The van der Waals surface area contributed by atoms with Crippen molar-refractivity contribution in [1.82, 2.24) is 0 Å². The van der Waals surface area contributed by atoms with E-state index >= 15 is 0 Å². The second-order valence-electron chi connectivity index (χ2n) is 6.64. The topological polar surface area (TPSA) is 95.7 Å². The Balaban J connectivity index is 1.76. The second kappa shape index (κ2) is 7.90. The molecule has 1 aliphatic rings. The molecule has 2 aromatic rings. The number of rotatable bonds is 6. The van der Waals surface area contributed by atoms with Crippen LogP contribution in [0.15, 0.2) is 77.4 Å². The molecule has 0 aromatic heterocycles. The molecule has 2 aromatic carbocycles. The number of benzene rings is 2. The quantitative estimate of drug-likeness (QED) is 0.800. The lowest BCUT2D eigenvalue weighted by atomic mass is 10.0. The first-order valence-electron chi connectivity index (χ1n) is 8.73. The number of hydrogen-bond acceptors (Lipinski definition) is 5. The number of ether oxygens (including phenoxy) is 2. The molecule has 0 saturated carbocycles. The molecule has 0 radical (unpaired) electrons. The van der Waals surface area contributed by atoms with E-state index in [1.54, 1.807) is 12.1 Å². The number of nitrogens with two attached hydrogens (primary N) is 1. The first-order valence-corrected chi connectivity index (χ1v) is 10.3. The molecule has 1 atom stereocenters. The zero-order valence-electron chi connectivity index (χ0n) is 15.5. The zero-order chi connectivity index (χ0) is 20.3. The molecule has 28 heavy (non-hydrogen) atoms. The highest BCUT2D eigenvalue weighted by molar-refractivity contribution is 7.92. The van der Waals surface area contributed by atoms with Crippen molar-refractivity contribution in [1.29, 1.82) is 0 Å². The van der Waals surface area contributed by atoms with Gasteiger partial charge in [0.1, 0.15) is 11.5 Å². The van der Waals surface area contributed by atoms with Crippen LogP contribution in [0.5, 0.6) is 11.5 Å². The van der Waals surface area contributed by atoms with Crippen molar-refractivity contribution in [2.75, 3.05) is 0 Å². The summed E-state index contributed by atoms with van der Waals surface area (Å²) in [5.74, 6) is 0.885. The van der Waals surface area contributed by atoms with Crippen molar-refractivity contribution in [3.8, 4) is 11.5 Å². The lowest BCUT2D eigenvalue weighted by Crippen LogP contribution is -2.25. The first kappa shape index (κ1) is 19.7. The van der Waals surface area contributed by atoms with Gasteiger partial charge in [0.15, 0.2) is 0 Å². The van der Waals surface area contributed by atoms with E-state index in [9.17, 15) is 13.2 Å². The zero-order valence-corrected chi connectivity index (χ0v) is 16.3. The van der Waals surface area contributed by atoms with Gasteiger partial charge in [-0.3, -0.25) is 4.79 Å². The average Bonchev–Trinajstić information content (AvgIpc) is 2.69. The summed E-state index contributed by atoms with van der Waals surface area (Å²) in [6, 6.07) is 13.8. The van der Waals surface area contributed by atoms with E-state index in [4.69, 9.17) is 15.2 Å². The Kier molecular flexibility index (Phi) is 5.56. The van der Waals surface area contributed by atoms with Crippen molar-refractivity contribution in [2.45, 2.75) is 30.1 Å². The summed E-state index contributed by atoms with van der Waals surface area (Å²) in [6.07, 6.45) is 3.68. The van der Waals surface area contributed by atoms with Gasteiger partial charge in [-0.25, -0.2) is 8.42 Å². The number of carbonyl (C=O) groups is 1. The van der Waals surface area contributed by atoms with Gasteiger partial charge >= 0.3 is 0 Å². The van der Waals surface area contributed by atoms with E-state index in [2.05, 4.69) is 13.8 Å². The molecule has 2 N–H and O–H groups in total. The molecular weight excluding hydrogens is 378 g/mol. The Morgan fingerprint density at radius 2 is 1.61 bits per heavy atom.